The number of likely N-dealkylation sites (tertiary alicyclic amines) is 1. The van der Waals surface area contributed by atoms with Gasteiger partial charge in [-0.3, -0.25) is 9.69 Å². The number of hydrogen-bond acceptors (Lipinski definition) is 3. The molecule has 0 radical (unpaired) electrons. The zero-order chi connectivity index (χ0) is 16.9. The van der Waals surface area contributed by atoms with Gasteiger partial charge in [-0.25, -0.2) is 0 Å². The highest BCUT2D eigenvalue weighted by Crippen LogP contribution is 2.60. The van der Waals surface area contributed by atoms with E-state index in [0.717, 1.165) is 63.7 Å². The van der Waals surface area contributed by atoms with Crippen LogP contribution in [0.4, 0.5) is 0 Å². The predicted molar refractivity (Wildman–Crippen MR) is 97.2 cm³/mol. The summed E-state index contributed by atoms with van der Waals surface area (Å²) in [5.74, 6) is 3.82. The molecule has 2 aliphatic heterocycles. The molecule has 4 nitrogen and oxygen atoms in total. The van der Waals surface area contributed by atoms with Crippen molar-refractivity contribution in [2.24, 2.45) is 29.1 Å². The standard InChI is InChI=1S/C21H34N2O2/c24-20(21-11-17-8-18(12-21)10-19(9-17)13-21)23-3-1-2-16(15-23)14-22-4-6-25-7-5-22/h16-19H,1-15H2. The van der Waals surface area contributed by atoms with Crippen LogP contribution in [0.15, 0.2) is 0 Å². The van der Waals surface area contributed by atoms with Gasteiger partial charge in [-0.1, -0.05) is 0 Å². The number of hydrogen-bond donors (Lipinski definition) is 0. The number of rotatable bonds is 3. The lowest BCUT2D eigenvalue weighted by atomic mass is 9.49. The highest BCUT2D eigenvalue weighted by atomic mass is 16.5. The Balaban J connectivity index is 1.24. The smallest absolute Gasteiger partial charge is 0.228 e. The Labute approximate surface area is 152 Å². The van der Waals surface area contributed by atoms with E-state index in [2.05, 4.69) is 9.80 Å². The lowest BCUT2D eigenvalue weighted by Gasteiger charge is -2.57. The van der Waals surface area contributed by atoms with Crippen molar-refractivity contribution < 1.29 is 9.53 Å². The first kappa shape index (κ1) is 16.6. The van der Waals surface area contributed by atoms with Crippen molar-refractivity contribution in [3.63, 3.8) is 0 Å². The molecule has 140 valence electrons. The molecule has 2 heterocycles. The van der Waals surface area contributed by atoms with Crippen LogP contribution in [-0.2, 0) is 9.53 Å². The summed E-state index contributed by atoms with van der Waals surface area (Å²) in [6, 6.07) is 0. The van der Waals surface area contributed by atoms with Gasteiger partial charge >= 0.3 is 0 Å². The van der Waals surface area contributed by atoms with Gasteiger partial charge in [0.25, 0.3) is 0 Å². The Morgan fingerprint density at radius 2 is 1.60 bits per heavy atom. The Morgan fingerprint density at radius 1 is 0.960 bits per heavy atom. The average molecular weight is 347 g/mol. The summed E-state index contributed by atoms with van der Waals surface area (Å²) in [4.78, 5) is 18.4. The topological polar surface area (TPSA) is 32.8 Å². The molecule has 6 rings (SSSR count). The molecule has 0 aromatic rings. The van der Waals surface area contributed by atoms with Crippen molar-refractivity contribution in [3.05, 3.63) is 0 Å². The molecule has 0 spiro atoms. The first-order valence-corrected chi connectivity index (χ1v) is 10.8. The maximum Gasteiger partial charge on any atom is 0.228 e. The molecule has 2 saturated heterocycles. The fourth-order valence-electron chi connectivity index (χ4n) is 7.26. The molecule has 4 bridgehead atoms. The zero-order valence-electron chi connectivity index (χ0n) is 15.6. The van der Waals surface area contributed by atoms with E-state index in [4.69, 9.17) is 4.74 Å². The van der Waals surface area contributed by atoms with Crippen LogP contribution in [0.25, 0.3) is 0 Å². The van der Waals surface area contributed by atoms with Crippen molar-refractivity contribution in [2.75, 3.05) is 45.9 Å². The molecular formula is C21H34N2O2. The normalized spacial score (nSPS) is 44.2. The summed E-state index contributed by atoms with van der Waals surface area (Å²) >= 11 is 0. The molecule has 1 atom stereocenters. The summed E-state index contributed by atoms with van der Waals surface area (Å²) in [6.07, 6.45) is 10.4. The first-order chi connectivity index (χ1) is 12.2. The molecule has 1 amide bonds. The van der Waals surface area contributed by atoms with Gasteiger partial charge in [0.2, 0.25) is 5.91 Å². The van der Waals surface area contributed by atoms with Crippen LogP contribution in [0.5, 0.6) is 0 Å². The Morgan fingerprint density at radius 3 is 2.24 bits per heavy atom. The van der Waals surface area contributed by atoms with Crippen LogP contribution in [-0.4, -0.2) is 61.6 Å². The molecule has 0 aromatic carbocycles. The fourth-order valence-corrected chi connectivity index (χ4v) is 7.26. The Kier molecular flexibility index (Phi) is 4.32. The zero-order valence-corrected chi connectivity index (χ0v) is 15.6. The second-order valence-corrected chi connectivity index (χ2v) is 9.87. The average Bonchev–Trinajstić information content (AvgIpc) is 2.61. The van der Waals surface area contributed by atoms with E-state index < -0.39 is 0 Å². The highest BCUT2D eigenvalue weighted by molar-refractivity contribution is 5.83. The SMILES string of the molecule is O=C(N1CCCC(CN2CCOCC2)C1)C12CC3CC(CC(C3)C1)C2. The van der Waals surface area contributed by atoms with Gasteiger partial charge in [-0.15, -0.1) is 0 Å². The van der Waals surface area contributed by atoms with E-state index in [-0.39, 0.29) is 5.41 Å². The summed E-state index contributed by atoms with van der Waals surface area (Å²) < 4.78 is 5.48. The predicted octanol–water partition coefficient (Wildman–Crippen LogP) is 2.77. The van der Waals surface area contributed by atoms with Crippen LogP contribution in [0.3, 0.4) is 0 Å². The van der Waals surface area contributed by atoms with Gasteiger partial charge in [0, 0.05) is 32.7 Å². The fraction of sp³-hybridized carbons (Fsp3) is 0.952. The van der Waals surface area contributed by atoms with Gasteiger partial charge in [-0.2, -0.15) is 0 Å². The van der Waals surface area contributed by atoms with Crippen molar-refractivity contribution >= 4 is 5.91 Å². The van der Waals surface area contributed by atoms with Crippen LogP contribution >= 0.6 is 0 Å². The van der Waals surface area contributed by atoms with E-state index in [0.29, 0.717) is 11.8 Å². The molecular weight excluding hydrogens is 312 g/mol. The van der Waals surface area contributed by atoms with Gasteiger partial charge in [0.15, 0.2) is 0 Å². The largest absolute Gasteiger partial charge is 0.379 e. The number of ether oxygens (including phenoxy) is 1. The summed E-state index contributed by atoms with van der Waals surface area (Å²) in [5, 5.41) is 0. The number of nitrogens with zero attached hydrogens (tertiary/aromatic N) is 2. The van der Waals surface area contributed by atoms with Gasteiger partial charge < -0.3 is 9.64 Å². The van der Waals surface area contributed by atoms with Crippen LogP contribution in [0.1, 0.15) is 51.4 Å². The van der Waals surface area contributed by atoms with Crippen molar-refractivity contribution in [3.8, 4) is 0 Å². The molecule has 25 heavy (non-hydrogen) atoms. The number of carbonyl (C=O) groups excluding carboxylic acids is 1. The minimum absolute atomic E-state index is 0.0512. The third kappa shape index (κ3) is 3.14. The number of amides is 1. The molecule has 6 aliphatic rings. The quantitative estimate of drug-likeness (QED) is 0.788. The molecule has 0 N–H and O–H groups in total. The third-order valence-electron chi connectivity index (χ3n) is 7.92. The maximum atomic E-state index is 13.6. The minimum Gasteiger partial charge on any atom is -0.379 e. The molecule has 6 fully saturated rings. The monoisotopic (exact) mass is 346 g/mol. The molecule has 1 unspecified atom stereocenters. The van der Waals surface area contributed by atoms with Gasteiger partial charge in [0.05, 0.1) is 18.6 Å². The second kappa shape index (κ2) is 6.53. The molecule has 0 aromatic heterocycles. The van der Waals surface area contributed by atoms with E-state index in [1.165, 1.54) is 51.4 Å². The summed E-state index contributed by atoms with van der Waals surface area (Å²) in [7, 11) is 0. The van der Waals surface area contributed by atoms with Crippen molar-refractivity contribution in [2.45, 2.75) is 51.4 Å². The summed E-state index contributed by atoms with van der Waals surface area (Å²) in [5.41, 5.74) is 0.0512. The third-order valence-corrected chi connectivity index (χ3v) is 7.92. The van der Waals surface area contributed by atoms with Crippen molar-refractivity contribution in [1.29, 1.82) is 0 Å². The number of piperidine rings is 1. The van der Waals surface area contributed by atoms with E-state index in [9.17, 15) is 4.79 Å². The lowest BCUT2D eigenvalue weighted by molar-refractivity contribution is -0.159. The van der Waals surface area contributed by atoms with Gasteiger partial charge in [0.1, 0.15) is 0 Å². The Bertz CT molecular complexity index is 479. The number of morpholine rings is 1. The Hall–Kier alpha value is -0.610. The van der Waals surface area contributed by atoms with Gasteiger partial charge in [-0.05, 0) is 75.0 Å². The minimum atomic E-state index is 0.0512. The van der Waals surface area contributed by atoms with E-state index in [1.807, 2.05) is 0 Å². The van der Waals surface area contributed by atoms with Crippen molar-refractivity contribution in [1.82, 2.24) is 9.80 Å². The van der Waals surface area contributed by atoms with Crippen LogP contribution in [0.2, 0.25) is 0 Å². The van der Waals surface area contributed by atoms with Crippen LogP contribution < -0.4 is 0 Å². The first-order valence-electron chi connectivity index (χ1n) is 10.8. The molecule has 4 saturated carbocycles. The number of carbonyl (C=O) groups is 1. The summed E-state index contributed by atoms with van der Waals surface area (Å²) in [6.45, 7) is 7.08. The van der Waals surface area contributed by atoms with E-state index in [1.54, 1.807) is 0 Å². The molecule has 4 heteroatoms. The molecule has 4 aliphatic carbocycles. The van der Waals surface area contributed by atoms with Crippen LogP contribution in [0, 0.1) is 29.1 Å². The second-order valence-electron chi connectivity index (χ2n) is 9.87. The maximum absolute atomic E-state index is 13.6. The van der Waals surface area contributed by atoms with E-state index >= 15 is 0 Å². The highest BCUT2D eigenvalue weighted by Gasteiger charge is 2.55. The lowest BCUT2D eigenvalue weighted by Crippen LogP contribution is -2.56.